The lowest BCUT2D eigenvalue weighted by Gasteiger charge is -2.04. The Morgan fingerprint density at radius 3 is 1.86 bits per heavy atom. The van der Waals surface area contributed by atoms with Gasteiger partial charge in [-0.1, -0.05) is 136 Å². The molecule has 5 nitrogen and oxygen atoms in total. The minimum Gasteiger partial charge on any atom is -0.472 e. The highest BCUT2D eigenvalue weighted by molar-refractivity contribution is 5.76. The van der Waals surface area contributed by atoms with Crippen LogP contribution in [0.25, 0.3) is 11.0 Å². The molecule has 0 bridgehead atoms. The first kappa shape index (κ1) is 42.5. The molecule has 0 saturated heterocycles. The van der Waals surface area contributed by atoms with E-state index < -0.39 is 0 Å². The van der Waals surface area contributed by atoms with Crippen molar-refractivity contribution in [1.82, 2.24) is 19.5 Å². The highest BCUT2D eigenvalue weighted by atomic mass is 16.5. The number of hydrogen-bond acceptors (Lipinski definition) is 4. The minimum atomic E-state index is 0.527. The number of rotatable bonds is 5. The topological polar surface area (TPSA) is 52.8 Å². The third kappa shape index (κ3) is 22.8. The van der Waals surface area contributed by atoms with Crippen molar-refractivity contribution >= 4 is 11.0 Å². The normalized spacial score (nSPS) is 8.74. The fourth-order valence-corrected chi connectivity index (χ4v) is 2.66. The van der Waals surface area contributed by atoms with E-state index in [9.17, 15) is 0 Å². The summed E-state index contributed by atoms with van der Waals surface area (Å²) < 4.78 is 7.52. The number of fused-ring (bicyclic) bond motifs is 1. The van der Waals surface area contributed by atoms with Crippen molar-refractivity contribution in [2.45, 2.75) is 88.7 Å². The molecule has 0 aliphatic heterocycles. The Morgan fingerprint density at radius 1 is 0.810 bits per heavy atom. The van der Waals surface area contributed by atoms with E-state index in [0.717, 1.165) is 16.9 Å². The summed E-state index contributed by atoms with van der Waals surface area (Å²) in [5, 5.41) is 1.22. The van der Waals surface area contributed by atoms with Crippen LogP contribution in [0.15, 0.2) is 105 Å². The van der Waals surface area contributed by atoms with Gasteiger partial charge in [-0.2, -0.15) is 0 Å². The summed E-state index contributed by atoms with van der Waals surface area (Å²) >= 11 is 0. The number of pyridine rings is 1. The predicted molar refractivity (Wildman–Crippen MR) is 187 cm³/mol. The molecule has 0 amide bonds. The predicted octanol–water partition coefficient (Wildman–Crippen LogP) is 11.0. The van der Waals surface area contributed by atoms with Gasteiger partial charge in [0.05, 0.1) is 11.9 Å². The summed E-state index contributed by atoms with van der Waals surface area (Å²) in [5.74, 6) is 0.568. The first-order valence-electron chi connectivity index (χ1n) is 15.1. The average Bonchev–Trinajstić information content (AvgIpc) is 3.38. The van der Waals surface area contributed by atoms with Crippen LogP contribution in [0.4, 0.5) is 0 Å². The van der Waals surface area contributed by atoms with Crippen molar-refractivity contribution in [3.8, 4) is 5.88 Å². The zero-order valence-electron chi connectivity index (χ0n) is 28.4. The highest BCUT2D eigenvalue weighted by Crippen LogP contribution is 2.12. The molecule has 42 heavy (non-hydrogen) atoms. The quantitative estimate of drug-likeness (QED) is 0.222. The van der Waals surface area contributed by atoms with Gasteiger partial charge in [0.2, 0.25) is 5.88 Å². The molecule has 4 aromatic rings. The van der Waals surface area contributed by atoms with E-state index in [1.165, 1.54) is 23.8 Å². The van der Waals surface area contributed by atoms with Crippen molar-refractivity contribution in [3.63, 3.8) is 0 Å². The molecule has 5 heteroatoms. The van der Waals surface area contributed by atoms with E-state index in [1.807, 2.05) is 101 Å². The van der Waals surface area contributed by atoms with Crippen molar-refractivity contribution in [2.75, 3.05) is 0 Å². The van der Waals surface area contributed by atoms with Gasteiger partial charge in [-0.3, -0.25) is 4.98 Å². The van der Waals surface area contributed by atoms with Crippen molar-refractivity contribution < 1.29 is 4.74 Å². The molecule has 3 heterocycles. The van der Waals surface area contributed by atoms with Crippen LogP contribution in [0, 0.1) is 13.8 Å². The third-order valence-corrected chi connectivity index (χ3v) is 4.19. The number of benzene rings is 1. The lowest BCUT2D eigenvalue weighted by Crippen LogP contribution is -1.98. The van der Waals surface area contributed by atoms with E-state index in [0.29, 0.717) is 12.5 Å². The Hall–Kier alpha value is -3.99. The average molecular weight is 575 g/mol. The molecule has 4 rings (SSSR count). The zero-order valence-corrected chi connectivity index (χ0v) is 28.4. The van der Waals surface area contributed by atoms with Gasteiger partial charge in [0.25, 0.3) is 0 Å². The molecule has 3 aromatic heterocycles. The fourth-order valence-electron chi connectivity index (χ4n) is 2.66. The summed E-state index contributed by atoms with van der Waals surface area (Å²) in [6, 6.07) is 14.2. The number of hydrogen-bond donors (Lipinski definition) is 0. The summed E-state index contributed by atoms with van der Waals surface area (Å²) in [6.07, 6.45) is 16.8. The van der Waals surface area contributed by atoms with Crippen LogP contribution >= 0.6 is 0 Å². The maximum absolute atomic E-state index is 5.50. The summed E-state index contributed by atoms with van der Waals surface area (Å²) in [6.45, 7) is 27.9. The number of allylic oxidation sites excluding steroid dienone is 4. The van der Waals surface area contributed by atoms with Crippen LogP contribution in [-0.2, 0) is 13.7 Å². The van der Waals surface area contributed by atoms with Crippen molar-refractivity contribution in [3.05, 3.63) is 122 Å². The first-order valence-corrected chi connectivity index (χ1v) is 15.1. The standard InChI is InChI=1S/C12H12N2O.C9H10N2.C6H8.2C3H8.2C2H6/c1-10-7-13-8-12(14-10)15-9-11-5-3-2-4-6-11;1-7-5-8-3-4-11(2)9(8)10-6-7;1-3-5-6-4-2;2*1-3-2;2*1-2/h2-8H,9H2,1H3;3-6H,1-2H3;3-6H,1-2H2;2*3H2,1-2H3;2*1-2H3/b;;6-5-;;;;. The Bertz CT molecular complexity index is 1170. The van der Waals surface area contributed by atoms with Gasteiger partial charge < -0.3 is 9.30 Å². The van der Waals surface area contributed by atoms with E-state index in [4.69, 9.17) is 4.74 Å². The second kappa shape index (κ2) is 31.5. The van der Waals surface area contributed by atoms with E-state index in [-0.39, 0.29) is 0 Å². The second-order valence-corrected chi connectivity index (χ2v) is 8.40. The van der Waals surface area contributed by atoms with E-state index >= 15 is 0 Å². The number of nitrogens with zero attached hydrogens (tertiary/aromatic N) is 4. The van der Waals surface area contributed by atoms with Gasteiger partial charge in [0.1, 0.15) is 12.3 Å². The SMILES string of the molecule is C=C/C=C\C=C.CC.CC.CCC.CCC.Cc1cnc2c(ccn2C)c1.Cc1cncc(OCc2ccccc2)n1. The van der Waals surface area contributed by atoms with Crippen LogP contribution in [0.5, 0.6) is 5.88 Å². The Morgan fingerprint density at radius 2 is 1.36 bits per heavy atom. The van der Waals surface area contributed by atoms with Gasteiger partial charge in [-0.05, 0) is 37.1 Å². The third-order valence-electron chi connectivity index (χ3n) is 4.19. The van der Waals surface area contributed by atoms with Crippen LogP contribution in [-0.4, -0.2) is 19.5 Å². The van der Waals surface area contributed by atoms with Crippen LogP contribution in [0.3, 0.4) is 0 Å². The summed E-state index contributed by atoms with van der Waals surface area (Å²) in [5.41, 5.74) is 4.25. The molecule has 0 spiro atoms. The Labute approximate surface area is 258 Å². The fraction of sp³-hybridized carbons (Fsp3) is 0.378. The Balaban J connectivity index is -0.000000496. The Kier molecular flexibility index (Phi) is 31.9. The monoisotopic (exact) mass is 574 g/mol. The molecule has 0 radical (unpaired) electrons. The van der Waals surface area contributed by atoms with Crippen molar-refractivity contribution in [2.24, 2.45) is 7.05 Å². The molecule has 0 atom stereocenters. The van der Waals surface area contributed by atoms with Gasteiger partial charge in [-0.15, -0.1) is 0 Å². The zero-order chi connectivity index (χ0) is 32.6. The molecule has 0 fully saturated rings. The smallest absolute Gasteiger partial charge is 0.232 e. The minimum absolute atomic E-state index is 0.527. The van der Waals surface area contributed by atoms with Gasteiger partial charge in [0, 0.05) is 31.0 Å². The maximum Gasteiger partial charge on any atom is 0.232 e. The second-order valence-electron chi connectivity index (χ2n) is 8.40. The molecule has 0 aliphatic rings. The summed E-state index contributed by atoms with van der Waals surface area (Å²) in [4.78, 5) is 12.5. The maximum atomic E-state index is 5.50. The molecular weight excluding hydrogens is 516 g/mol. The van der Waals surface area contributed by atoms with E-state index in [1.54, 1.807) is 24.5 Å². The summed E-state index contributed by atoms with van der Waals surface area (Å²) in [7, 11) is 2.00. The number of aromatic nitrogens is 4. The molecule has 232 valence electrons. The van der Waals surface area contributed by atoms with Crippen LogP contribution in [0.1, 0.15) is 85.1 Å². The molecule has 0 unspecified atom stereocenters. The highest BCUT2D eigenvalue weighted by Gasteiger charge is 1.98. The van der Waals surface area contributed by atoms with E-state index in [2.05, 4.69) is 74.9 Å². The largest absolute Gasteiger partial charge is 0.472 e. The van der Waals surface area contributed by atoms with Gasteiger partial charge in [0.15, 0.2) is 0 Å². The van der Waals surface area contributed by atoms with Gasteiger partial charge in [-0.25, -0.2) is 9.97 Å². The van der Waals surface area contributed by atoms with Gasteiger partial charge >= 0.3 is 0 Å². The molecule has 0 N–H and O–H groups in total. The molecular formula is C37H58N4O. The first-order chi connectivity index (χ1) is 20.4. The molecule has 1 aromatic carbocycles. The lowest BCUT2D eigenvalue weighted by molar-refractivity contribution is 0.292. The number of ether oxygens (including phenoxy) is 1. The van der Waals surface area contributed by atoms with Crippen LogP contribution < -0.4 is 4.74 Å². The van der Waals surface area contributed by atoms with Crippen molar-refractivity contribution in [1.29, 1.82) is 0 Å². The molecule has 0 aliphatic carbocycles. The lowest BCUT2D eigenvalue weighted by atomic mass is 10.2. The van der Waals surface area contributed by atoms with Crippen LogP contribution in [0.2, 0.25) is 0 Å². The molecule has 0 saturated carbocycles. The number of aryl methyl sites for hydroxylation is 3.